The van der Waals surface area contributed by atoms with Gasteiger partial charge in [-0.05, 0) is 123 Å². The normalized spacial score (nSPS) is 10.6. The minimum atomic E-state index is 0.670. The van der Waals surface area contributed by atoms with Crippen LogP contribution in [0.15, 0.2) is 48.5 Å². The van der Waals surface area contributed by atoms with Crippen LogP contribution in [-0.4, -0.2) is 6.61 Å². The van der Waals surface area contributed by atoms with Gasteiger partial charge in [-0.1, -0.05) is 117 Å². The van der Waals surface area contributed by atoms with Gasteiger partial charge < -0.3 is 9.47 Å². The van der Waals surface area contributed by atoms with Gasteiger partial charge in [-0.3, -0.25) is 0 Å². The zero-order valence-electron chi connectivity index (χ0n) is 38.0. The van der Waals surface area contributed by atoms with Crippen molar-refractivity contribution in [2.75, 3.05) is 6.61 Å². The summed E-state index contributed by atoms with van der Waals surface area (Å²) in [4.78, 5) is 10.4. The Hall–Kier alpha value is -4.14. The summed E-state index contributed by atoms with van der Waals surface area (Å²) >= 11 is 7.48. The van der Waals surface area contributed by atoms with Crippen molar-refractivity contribution in [3.63, 3.8) is 0 Å². The van der Waals surface area contributed by atoms with E-state index in [0.717, 1.165) is 45.9 Å². The van der Waals surface area contributed by atoms with E-state index in [1.54, 1.807) is 0 Å². The van der Waals surface area contributed by atoms with Crippen molar-refractivity contribution < 1.29 is 9.47 Å². The Kier molecular flexibility index (Phi) is 21.9. The summed E-state index contributed by atoms with van der Waals surface area (Å²) in [6, 6.07) is 18.2. The quantitative estimate of drug-likeness (QED) is 0.0386. The summed E-state index contributed by atoms with van der Waals surface area (Å²) in [5.74, 6) is 17.3. The van der Waals surface area contributed by atoms with E-state index in [4.69, 9.17) is 15.9 Å². The molecule has 5 rings (SSSR count). The predicted molar refractivity (Wildman–Crippen MR) is 275 cm³/mol. The van der Waals surface area contributed by atoms with Crippen LogP contribution in [0.25, 0.3) is 40.4 Å². The molecule has 2 nitrogen and oxygen atoms in total. The Balaban J connectivity index is 1.50. The van der Waals surface area contributed by atoms with Crippen LogP contribution >= 0.6 is 45.3 Å². The van der Waals surface area contributed by atoms with E-state index in [9.17, 15) is 0 Å². The summed E-state index contributed by atoms with van der Waals surface area (Å²) < 4.78 is 13.1. The molecule has 4 heterocycles. The largest absolute Gasteiger partial charge is 0.493 e. The highest BCUT2D eigenvalue weighted by Crippen LogP contribution is 2.49. The molecule has 0 aliphatic carbocycles. The molecule has 0 spiro atoms. The number of unbranched alkanes of at least 4 members (excludes halogenated alkanes) is 15. The molecule has 0 fully saturated rings. The first-order valence-corrected chi connectivity index (χ1v) is 26.5. The fourth-order valence-electron chi connectivity index (χ4n) is 7.77. The maximum Gasteiger partial charge on any atom is 0.149 e. The van der Waals surface area contributed by atoms with Crippen LogP contribution in [0.1, 0.15) is 157 Å². The standard InChI is InChI=1S/C56H66O2S4/c1-7-11-15-19-23-27-31-45-39-43(5)59-55(45)53-35-33-51(61-53)47-41-50(58-38-30-26-22-18-14-10-4)48(42-49(47)57-37-29-25-21-17-13-9-3)52-34-36-54(62-52)56-46(40-44(6)60-56)32-28-24-20-16-12-8-2/h3,33-36,39-42H,7-8,10-12,14-16,18-20,22-24,26-28,30-32,38H2,1-2,4-6H3. The molecule has 0 amide bonds. The van der Waals surface area contributed by atoms with Gasteiger partial charge in [0, 0.05) is 67.9 Å². The van der Waals surface area contributed by atoms with Gasteiger partial charge >= 0.3 is 0 Å². The van der Waals surface area contributed by atoms with Crippen molar-refractivity contribution in [1.82, 2.24) is 0 Å². The van der Waals surface area contributed by atoms with Crippen LogP contribution in [0.5, 0.6) is 11.5 Å². The Bertz CT molecular complexity index is 2360. The number of rotatable bonds is 27. The smallest absolute Gasteiger partial charge is 0.149 e. The topological polar surface area (TPSA) is 18.5 Å². The number of benzene rings is 1. The van der Waals surface area contributed by atoms with Gasteiger partial charge in [0.2, 0.25) is 0 Å². The molecule has 0 saturated heterocycles. The van der Waals surface area contributed by atoms with Crippen molar-refractivity contribution in [1.29, 1.82) is 0 Å². The Labute approximate surface area is 391 Å². The molecule has 326 valence electrons. The van der Waals surface area contributed by atoms with Crippen molar-refractivity contribution >= 4 is 45.3 Å². The monoisotopic (exact) mass is 898 g/mol. The van der Waals surface area contributed by atoms with Crippen LogP contribution in [0.4, 0.5) is 0 Å². The minimum absolute atomic E-state index is 0.670. The van der Waals surface area contributed by atoms with E-state index in [-0.39, 0.29) is 0 Å². The lowest BCUT2D eigenvalue weighted by molar-refractivity contribution is 0.305. The van der Waals surface area contributed by atoms with E-state index in [1.807, 2.05) is 45.3 Å². The second-order valence-electron chi connectivity index (χ2n) is 16.2. The highest BCUT2D eigenvalue weighted by atomic mass is 32.1. The Morgan fingerprint density at radius 3 is 1.44 bits per heavy atom. The van der Waals surface area contributed by atoms with Crippen LogP contribution < -0.4 is 9.47 Å². The third-order valence-electron chi connectivity index (χ3n) is 11.0. The first-order chi connectivity index (χ1) is 30.4. The SMILES string of the molecule is C#CC#CC#CC#COc1cc(-c2ccc(-c3sc(C)cc3CCCCCCCC)s2)c(OCCCCCCCC)cc1-c1ccc(-c2sc(C)cc2CCCCCCCC)s1. The van der Waals surface area contributed by atoms with E-state index < -0.39 is 0 Å². The fourth-order valence-corrected chi connectivity index (χ4v) is 12.2. The van der Waals surface area contributed by atoms with Gasteiger partial charge in [-0.25, -0.2) is 0 Å². The van der Waals surface area contributed by atoms with E-state index in [1.165, 1.54) is 150 Å². The number of thiophene rings is 4. The summed E-state index contributed by atoms with van der Waals surface area (Å²) in [6.07, 6.45) is 33.3. The molecule has 0 aliphatic rings. The molecule has 0 aliphatic heterocycles. The molecule has 1 aromatic carbocycles. The van der Waals surface area contributed by atoms with Crippen LogP contribution in [-0.2, 0) is 12.8 Å². The second-order valence-corrected chi connectivity index (χ2v) is 20.9. The van der Waals surface area contributed by atoms with Gasteiger partial charge in [0.1, 0.15) is 17.6 Å². The van der Waals surface area contributed by atoms with E-state index in [0.29, 0.717) is 12.4 Å². The maximum absolute atomic E-state index is 6.80. The van der Waals surface area contributed by atoms with E-state index in [2.05, 4.69) is 125 Å². The molecule has 4 aromatic heterocycles. The number of aryl methyl sites for hydroxylation is 4. The van der Waals surface area contributed by atoms with E-state index >= 15 is 0 Å². The van der Waals surface area contributed by atoms with Gasteiger partial charge in [0.15, 0.2) is 0 Å². The lowest BCUT2D eigenvalue weighted by Gasteiger charge is -2.15. The van der Waals surface area contributed by atoms with Crippen molar-refractivity contribution in [2.45, 2.75) is 163 Å². The third-order valence-corrected chi connectivity index (χ3v) is 15.8. The molecule has 0 atom stereocenters. The van der Waals surface area contributed by atoms with Gasteiger partial charge in [-0.15, -0.1) is 51.8 Å². The molecule has 0 unspecified atom stereocenters. The Morgan fingerprint density at radius 1 is 0.468 bits per heavy atom. The molecule has 0 N–H and O–H groups in total. The molecule has 5 aromatic rings. The maximum atomic E-state index is 6.80. The zero-order valence-corrected chi connectivity index (χ0v) is 41.3. The second kappa shape index (κ2) is 27.8. The first-order valence-electron chi connectivity index (χ1n) is 23.3. The van der Waals surface area contributed by atoms with Crippen LogP contribution in [0.2, 0.25) is 0 Å². The molecular formula is C56H66O2S4. The molecule has 6 heteroatoms. The van der Waals surface area contributed by atoms with Crippen molar-refractivity contribution in [3.05, 3.63) is 69.4 Å². The highest BCUT2D eigenvalue weighted by Gasteiger charge is 2.21. The number of terminal acetylenes is 1. The highest BCUT2D eigenvalue weighted by molar-refractivity contribution is 7.24. The number of hydrogen-bond donors (Lipinski definition) is 0. The molecule has 0 bridgehead atoms. The van der Waals surface area contributed by atoms with Crippen molar-refractivity contribution in [3.8, 4) is 99.9 Å². The van der Waals surface area contributed by atoms with Gasteiger partial charge in [0.25, 0.3) is 0 Å². The lowest BCUT2D eigenvalue weighted by Crippen LogP contribution is -2.00. The summed E-state index contributed by atoms with van der Waals surface area (Å²) in [5, 5.41) is 0. The van der Waals surface area contributed by atoms with Gasteiger partial charge in [-0.2, -0.15) is 0 Å². The molecule has 0 radical (unpaired) electrons. The minimum Gasteiger partial charge on any atom is -0.493 e. The zero-order chi connectivity index (χ0) is 43.8. The van der Waals surface area contributed by atoms with Crippen molar-refractivity contribution in [2.24, 2.45) is 0 Å². The van der Waals surface area contributed by atoms with Gasteiger partial charge in [0.05, 0.1) is 6.61 Å². The molecular weight excluding hydrogens is 833 g/mol. The molecule has 0 saturated carbocycles. The van der Waals surface area contributed by atoms with Crippen LogP contribution in [0.3, 0.4) is 0 Å². The average molecular weight is 899 g/mol. The third kappa shape index (κ3) is 15.6. The first kappa shape index (κ1) is 48.9. The summed E-state index contributed by atoms with van der Waals surface area (Å²) in [6.45, 7) is 12.0. The van der Waals surface area contributed by atoms with Crippen LogP contribution in [0, 0.1) is 61.9 Å². The summed E-state index contributed by atoms with van der Waals surface area (Å²) in [5.41, 5.74) is 4.93. The average Bonchev–Trinajstić information content (AvgIpc) is 4.10. The molecule has 62 heavy (non-hydrogen) atoms. The number of hydrogen-bond acceptors (Lipinski definition) is 6. The lowest BCUT2D eigenvalue weighted by atomic mass is 10.0. The number of ether oxygens (including phenoxy) is 2. The fraction of sp³-hybridized carbons (Fsp3) is 0.464. The summed E-state index contributed by atoms with van der Waals surface area (Å²) in [7, 11) is 0. The Morgan fingerprint density at radius 2 is 0.903 bits per heavy atom. The predicted octanol–water partition coefficient (Wildman–Crippen LogP) is 17.7.